The van der Waals surface area contributed by atoms with E-state index in [0.717, 1.165) is 9.87 Å². The highest BCUT2D eigenvalue weighted by atomic mass is 32.2. The second kappa shape index (κ2) is 8.75. The van der Waals surface area contributed by atoms with Gasteiger partial charge in [0, 0.05) is 17.8 Å². The van der Waals surface area contributed by atoms with Crippen LogP contribution in [0.1, 0.15) is 5.56 Å². The quantitative estimate of drug-likeness (QED) is 0.458. The minimum atomic E-state index is -4.01. The first-order valence-corrected chi connectivity index (χ1v) is 10.4. The van der Waals surface area contributed by atoms with Crippen LogP contribution < -0.4 is 9.62 Å². The van der Waals surface area contributed by atoms with Crippen molar-refractivity contribution in [3.8, 4) is 0 Å². The number of nitrogens with zero attached hydrogens (tertiary/aromatic N) is 2. The standard InChI is InChI=1S/C21H19N3O5S/c1-16-10-12-18(13-11-16)23(30(28,29)20-8-3-2-4-9-20)15-21(25)22-17-6-5-7-19(14-17)24(26)27/h2-14H,15H2,1H3,(H,22,25). The Bertz CT molecular complexity index is 1160. The SMILES string of the molecule is Cc1ccc(N(CC(=O)Nc2cccc([N+](=O)[O-])c2)S(=O)(=O)c2ccccc2)cc1. The molecule has 3 rings (SSSR count). The summed E-state index contributed by atoms with van der Waals surface area (Å²) in [6, 6.07) is 20.0. The highest BCUT2D eigenvalue weighted by Gasteiger charge is 2.27. The number of carbonyl (C=O) groups excluding carboxylic acids is 1. The molecule has 3 aromatic carbocycles. The predicted octanol–water partition coefficient (Wildman–Crippen LogP) is 3.74. The maximum Gasteiger partial charge on any atom is 0.271 e. The number of anilines is 2. The molecule has 0 unspecified atom stereocenters. The van der Waals surface area contributed by atoms with E-state index in [4.69, 9.17) is 0 Å². The Morgan fingerprint density at radius 2 is 1.67 bits per heavy atom. The fourth-order valence-corrected chi connectivity index (χ4v) is 4.22. The minimum absolute atomic E-state index is 0.0497. The molecule has 0 aliphatic carbocycles. The molecule has 3 aromatic rings. The molecular formula is C21H19N3O5S. The lowest BCUT2D eigenvalue weighted by Crippen LogP contribution is -2.38. The molecule has 8 nitrogen and oxygen atoms in total. The molecule has 0 aromatic heterocycles. The first-order chi connectivity index (χ1) is 14.3. The smallest absolute Gasteiger partial charge is 0.271 e. The summed E-state index contributed by atoms with van der Waals surface area (Å²) >= 11 is 0. The lowest BCUT2D eigenvalue weighted by molar-refractivity contribution is -0.384. The third-order valence-electron chi connectivity index (χ3n) is 4.28. The van der Waals surface area contributed by atoms with Crippen molar-refractivity contribution in [1.82, 2.24) is 0 Å². The van der Waals surface area contributed by atoms with E-state index in [1.54, 1.807) is 42.5 Å². The summed E-state index contributed by atoms with van der Waals surface area (Å²) in [6.07, 6.45) is 0. The molecular weight excluding hydrogens is 406 g/mol. The maximum absolute atomic E-state index is 13.2. The molecule has 30 heavy (non-hydrogen) atoms. The van der Waals surface area contributed by atoms with Crippen LogP contribution in [0.25, 0.3) is 0 Å². The Balaban J connectivity index is 1.91. The number of nitrogens with one attached hydrogen (secondary N) is 1. The van der Waals surface area contributed by atoms with Gasteiger partial charge in [0.1, 0.15) is 6.54 Å². The number of carbonyl (C=O) groups is 1. The molecule has 0 radical (unpaired) electrons. The van der Waals surface area contributed by atoms with Gasteiger partial charge in [-0.05, 0) is 37.3 Å². The number of nitro groups is 1. The Morgan fingerprint density at radius 1 is 1.00 bits per heavy atom. The monoisotopic (exact) mass is 425 g/mol. The number of hydrogen-bond acceptors (Lipinski definition) is 5. The van der Waals surface area contributed by atoms with Crippen LogP contribution in [0.5, 0.6) is 0 Å². The third-order valence-corrected chi connectivity index (χ3v) is 6.07. The molecule has 1 N–H and O–H groups in total. The van der Waals surface area contributed by atoms with Crippen molar-refractivity contribution in [2.75, 3.05) is 16.2 Å². The van der Waals surface area contributed by atoms with Gasteiger partial charge in [-0.3, -0.25) is 19.2 Å². The average Bonchev–Trinajstić information content (AvgIpc) is 2.73. The van der Waals surface area contributed by atoms with E-state index in [0.29, 0.717) is 5.69 Å². The molecule has 0 spiro atoms. The van der Waals surface area contributed by atoms with Gasteiger partial charge < -0.3 is 5.32 Å². The van der Waals surface area contributed by atoms with Gasteiger partial charge in [-0.15, -0.1) is 0 Å². The molecule has 9 heteroatoms. The summed E-state index contributed by atoms with van der Waals surface area (Å²) in [5, 5.41) is 13.4. The molecule has 0 aliphatic rings. The molecule has 0 saturated heterocycles. The van der Waals surface area contributed by atoms with Crippen LogP contribution in [-0.4, -0.2) is 25.8 Å². The number of rotatable bonds is 7. The summed E-state index contributed by atoms with van der Waals surface area (Å²) in [5.41, 5.74) is 1.30. The Kier molecular flexibility index (Phi) is 6.12. The number of aryl methyl sites for hydroxylation is 1. The van der Waals surface area contributed by atoms with Gasteiger partial charge in [0.2, 0.25) is 5.91 Å². The molecule has 1 amide bonds. The summed E-state index contributed by atoms with van der Waals surface area (Å²) in [4.78, 5) is 23.0. The van der Waals surface area contributed by atoms with Crippen molar-refractivity contribution in [1.29, 1.82) is 0 Å². The van der Waals surface area contributed by atoms with Gasteiger partial charge >= 0.3 is 0 Å². The molecule has 0 atom stereocenters. The Hall–Kier alpha value is -3.72. The topological polar surface area (TPSA) is 110 Å². The zero-order valence-electron chi connectivity index (χ0n) is 16.1. The van der Waals surface area contributed by atoms with Gasteiger partial charge in [0.25, 0.3) is 15.7 Å². The predicted molar refractivity (Wildman–Crippen MR) is 114 cm³/mol. The summed E-state index contributed by atoms with van der Waals surface area (Å²) in [5.74, 6) is -0.629. The first kappa shape index (κ1) is 21.0. The van der Waals surface area contributed by atoms with E-state index in [1.165, 1.54) is 36.4 Å². The fourth-order valence-electron chi connectivity index (χ4n) is 2.77. The molecule has 0 saturated carbocycles. The average molecular weight is 425 g/mol. The Labute approximate surface area is 174 Å². The highest BCUT2D eigenvalue weighted by molar-refractivity contribution is 7.92. The van der Waals surface area contributed by atoms with Gasteiger partial charge in [-0.1, -0.05) is 42.0 Å². The number of non-ortho nitro benzene ring substituents is 1. The number of nitro benzene ring substituents is 1. The number of benzene rings is 3. The van der Waals surface area contributed by atoms with E-state index in [-0.39, 0.29) is 16.3 Å². The zero-order chi connectivity index (χ0) is 21.7. The van der Waals surface area contributed by atoms with Crippen molar-refractivity contribution >= 4 is 33.0 Å². The van der Waals surface area contributed by atoms with E-state index in [1.807, 2.05) is 6.92 Å². The molecule has 0 aliphatic heterocycles. The van der Waals surface area contributed by atoms with Crippen molar-refractivity contribution in [3.63, 3.8) is 0 Å². The van der Waals surface area contributed by atoms with Crippen LogP contribution >= 0.6 is 0 Å². The second-order valence-corrected chi connectivity index (χ2v) is 8.38. The van der Waals surface area contributed by atoms with Crippen molar-refractivity contribution in [2.45, 2.75) is 11.8 Å². The van der Waals surface area contributed by atoms with Crippen LogP contribution in [0.15, 0.2) is 83.8 Å². The highest BCUT2D eigenvalue weighted by Crippen LogP contribution is 2.24. The van der Waals surface area contributed by atoms with Crippen LogP contribution in [0.2, 0.25) is 0 Å². The summed E-state index contributed by atoms with van der Waals surface area (Å²) in [6.45, 7) is 1.37. The van der Waals surface area contributed by atoms with E-state index >= 15 is 0 Å². The number of sulfonamides is 1. The lowest BCUT2D eigenvalue weighted by Gasteiger charge is -2.24. The van der Waals surface area contributed by atoms with Crippen molar-refractivity contribution in [3.05, 3.63) is 94.5 Å². The van der Waals surface area contributed by atoms with Gasteiger partial charge in [-0.2, -0.15) is 0 Å². The molecule has 0 bridgehead atoms. The van der Waals surface area contributed by atoms with Gasteiger partial charge in [0.15, 0.2) is 0 Å². The maximum atomic E-state index is 13.2. The van der Waals surface area contributed by atoms with Gasteiger partial charge in [0.05, 0.1) is 15.5 Å². The van der Waals surface area contributed by atoms with Crippen LogP contribution in [0.4, 0.5) is 17.1 Å². The lowest BCUT2D eigenvalue weighted by atomic mass is 10.2. The molecule has 154 valence electrons. The van der Waals surface area contributed by atoms with E-state index in [9.17, 15) is 23.3 Å². The largest absolute Gasteiger partial charge is 0.324 e. The summed E-state index contributed by atoms with van der Waals surface area (Å²) < 4.78 is 27.4. The van der Waals surface area contributed by atoms with E-state index < -0.39 is 27.4 Å². The van der Waals surface area contributed by atoms with Crippen LogP contribution in [0.3, 0.4) is 0 Å². The summed E-state index contributed by atoms with van der Waals surface area (Å²) in [7, 11) is -4.01. The normalized spacial score (nSPS) is 11.0. The van der Waals surface area contributed by atoms with Gasteiger partial charge in [-0.25, -0.2) is 8.42 Å². The minimum Gasteiger partial charge on any atom is -0.324 e. The molecule has 0 heterocycles. The Morgan fingerprint density at radius 3 is 2.30 bits per heavy atom. The van der Waals surface area contributed by atoms with Crippen LogP contribution in [0, 0.1) is 17.0 Å². The zero-order valence-corrected chi connectivity index (χ0v) is 16.9. The van der Waals surface area contributed by atoms with E-state index in [2.05, 4.69) is 5.32 Å². The number of hydrogen-bond donors (Lipinski definition) is 1. The van der Waals surface area contributed by atoms with Crippen molar-refractivity contribution in [2.24, 2.45) is 0 Å². The third kappa shape index (κ3) is 4.81. The first-order valence-electron chi connectivity index (χ1n) is 8.96. The van der Waals surface area contributed by atoms with Crippen LogP contribution in [-0.2, 0) is 14.8 Å². The number of amides is 1. The second-order valence-electron chi connectivity index (χ2n) is 6.52. The fraction of sp³-hybridized carbons (Fsp3) is 0.0952. The molecule has 0 fully saturated rings. The van der Waals surface area contributed by atoms with Crippen molar-refractivity contribution < 1.29 is 18.1 Å².